The third-order valence-corrected chi connectivity index (χ3v) is 2.34. The zero-order chi connectivity index (χ0) is 13.4. The SMILES string of the molecule is COC(C(=O)NC/C=C/CN)c1cccc(O)c1. The van der Waals surface area contributed by atoms with Crippen molar-refractivity contribution >= 4 is 5.91 Å². The van der Waals surface area contributed by atoms with Gasteiger partial charge >= 0.3 is 0 Å². The highest BCUT2D eigenvalue weighted by molar-refractivity contribution is 5.82. The smallest absolute Gasteiger partial charge is 0.254 e. The van der Waals surface area contributed by atoms with Crippen LogP contribution in [0, 0.1) is 0 Å². The van der Waals surface area contributed by atoms with Crippen LogP contribution < -0.4 is 11.1 Å². The number of phenols is 1. The number of nitrogens with one attached hydrogen (secondary N) is 1. The van der Waals surface area contributed by atoms with Gasteiger partial charge in [-0.05, 0) is 17.7 Å². The Bertz CT molecular complexity index is 418. The van der Waals surface area contributed by atoms with Crippen LogP contribution in [-0.2, 0) is 9.53 Å². The zero-order valence-corrected chi connectivity index (χ0v) is 10.3. The number of hydrogen-bond acceptors (Lipinski definition) is 4. The van der Waals surface area contributed by atoms with Crippen molar-refractivity contribution in [3.8, 4) is 5.75 Å². The molecule has 98 valence electrons. The van der Waals surface area contributed by atoms with E-state index in [2.05, 4.69) is 5.32 Å². The second-order valence-corrected chi connectivity index (χ2v) is 3.66. The van der Waals surface area contributed by atoms with Gasteiger partial charge in [-0.15, -0.1) is 0 Å². The number of aromatic hydroxyl groups is 1. The molecule has 0 aromatic heterocycles. The van der Waals surface area contributed by atoms with Crippen molar-refractivity contribution in [1.29, 1.82) is 0 Å². The molecule has 0 heterocycles. The maximum Gasteiger partial charge on any atom is 0.254 e. The monoisotopic (exact) mass is 250 g/mol. The fraction of sp³-hybridized carbons (Fsp3) is 0.308. The summed E-state index contributed by atoms with van der Waals surface area (Å²) < 4.78 is 5.14. The number of methoxy groups -OCH3 is 1. The summed E-state index contributed by atoms with van der Waals surface area (Å²) in [5, 5.41) is 12.1. The fourth-order valence-electron chi connectivity index (χ4n) is 1.51. The summed E-state index contributed by atoms with van der Waals surface area (Å²) in [6.45, 7) is 0.838. The van der Waals surface area contributed by atoms with E-state index in [9.17, 15) is 9.90 Å². The van der Waals surface area contributed by atoms with E-state index in [0.717, 1.165) is 0 Å². The molecular formula is C13H18N2O3. The molecule has 1 aromatic rings. The molecule has 0 fully saturated rings. The van der Waals surface area contributed by atoms with Gasteiger partial charge < -0.3 is 20.9 Å². The first kappa shape index (κ1) is 14.2. The molecular weight excluding hydrogens is 232 g/mol. The van der Waals surface area contributed by atoms with Crippen LogP contribution in [0.15, 0.2) is 36.4 Å². The topological polar surface area (TPSA) is 84.6 Å². The first-order chi connectivity index (χ1) is 8.69. The van der Waals surface area contributed by atoms with Crippen LogP contribution in [0.3, 0.4) is 0 Å². The van der Waals surface area contributed by atoms with Crippen molar-refractivity contribution in [3.63, 3.8) is 0 Å². The number of hydrogen-bond donors (Lipinski definition) is 3. The van der Waals surface area contributed by atoms with Gasteiger partial charge in [-0.1, -0.05) is 24.3 Å². The molecule has 0 aliphatic carbocycles. The number of carbonyl (C=O) groups is 1. The molecule has 4 N–H and O–H groups in total. The molecule has 0 aliphatic heterocycles. The van der Waals surface area contributed by atoms with E-state index in [1.54, 1.807) is 24.3 Å². The van der Waals surface area contributed by atoms with E-state index in [1.807, 2.05) is 0 Å². The molecule has 0 aliphatic rings. The van der Waals surface area contributed by atoms with Gasteiger partial charge in [0, 0.05) is 20.2 Å². The standard InChI is InChI=1S/C13H18N2O3/c1-18-12(10-5-4-6-11(16)9-10)13(17)15-8-3-2-7-14/h2-6,9,12,16H,7-8,14H2,1H3,(H,15,17)/b3-2+. The van der Waals surface area contributed by atoms with Crippen molar-refractivity contribution in [2.24, 2.45) is 5.73 Å². The molecule has 1 unspecified atom stereocenters. The van der Waals surface area contributed by atoms with E-state index in [-0.39, 0.29) is 11.7 Å². The van der Waals surface area contributed by atoms with Gasteiger partial charge in [0.2, 0.25) is 0 Å². The molecule has 5 nitrogen and oxygen atoms in total. The Balaban J connectivity index is 2.65. The van der Waals surface area contributed by atoms with Crippen LogP contribution in [0.2, 0.25) is 0 Å². The van der Waals surface area contributed by atoms with Gasteiger partial charge in [0.1, 0.15) is 5.75 Å². The third-order valence-electron chi connectivity index (χ3n) is 2.34. The van der Waals surface area contributed by atoms with E-state index in [0.29, 0.717) is 18.7 Å². The first-order valence-electron chi connectivity index (χ1n) is 5.63. The molecule has 1 atom stereocenters. The van der Waals surface area contributed by atoms with E-state index < -0.39 is 6.10 Å². The van der Waals surface area contributed by atoms with Gasteiger partial charge in [-0.2, -0.15) is 0 Å². The maximum absolute atomic E-state index is 11.9. The predicted octanol–water partition coefficient (Wildman–Crippen LogP) is 0.711. The summed E-state index contributed by atoms with van der Waals surface area (Å²) in [5.74, 6) is -0.157. The summed E-state index contributed by atoms with van der Waals surface area (Å²) in [6, 6.07) is 6.43. The summed E-state index contributed by atoms with van der Waals surface area (Å²) in [4.78, 5) is 11.9. The average molecular weight is 250 g/mol. The highest BCUT2D eigenvalue weighted by Gasteiger charge is 2.19. The Hall–Kier alpha value is -1.85. The number of amides is 1. The summed E-state index contributed by atoms with van der Waals surface area (Å²) >= 11 is 0. The van der Waals surface area contributed by atoms with Crippen molar-refractivity contribution in [1.82, 2.24) is 5.32 Å². The van der Waals surface area contributed by atoms with Crippen LogP contribution in [0.25, 0.3) is 0 Å². The normalized spacial score (nSPS) is 12.6. The Morgan fingerprint density at radius 2 is 2.33 bits per heavy atom. The predicted molar refractivity (Wildman–Crippen MR) is 69.1 cm³/mol. The lowest BCUT2D eigenvalue weighted by Crippen LogP contribution is -2.30. The molecule has 0 radical (unpaired) electrons. The minimum absolute atomic E-state index is 0.102. The van der Waals surface area contributed by atoms with Crippen LogP contribution in [0.4, 0.5) is 0 Å². The minimum atomic E-state index is -0.733. The Kier molecular flexibility index (Phi) is 5.90. The lowest BCUT2D eigenvalue weighted by Gasteiger charge is -2.15. The van der Waals surface area contributed by atoms with Crippen molar-refractivity contribution in [2.45, 2.75) is 6.10 Å². The molecule has 0 spiro atoms. The molecule has 0 saturated heterocycles. The summed E-state index contributed by atoms with van der Waals surface area (Å²) in [5.41, 5.74) is 5.90. The van der Waals surface area contributed by atoms with Crippen LogP contribution in [0.1, 0.15) is 11.7 Å². The number of nitrogens with two attached hydrogens (primary N) is 1. The zero-order valence-electron chi connectivity index (χ0n) is 10.3. The van der Waals surface area contributed by atoms with E-state index in [1.165, 1.54) is 19.2 Å². The largest absolute Gasteiger partial charge is 0.508 e. The highest BCUT2D eigenvalue weighted by Crippen LogP contribution is 2.20. The van der Waals surface area contributed by atoms with Gasteiger partial charge in [-0.3, -0.25) is 4.79 Å². The second-order valence-electron chi connectivity index (χ2n) is 3.66. The molecule has 5 heteroatoms. The van der Waals surface area contributed by atoms with E-state index >= 15 is 0 Å². The van der Waals surface area contributed by atoms with Gasteiger partial charge in [0.05, 0.1) is 0 Å². The van der Waals surface area contributed by atoms with Crippen molar-refractivity contribution in [3.05, 3.63) is 42.0 Å². The lowest BCUT2D eigenvalue weighted by molar-refractivity contribution is -0.131. The molecule has 0 bridgehead atoms. The molecule has 1 amide bonds. The second kappa shape index (κ2) is 7.47. The maximum atomic E-state index is 11.9. The Labute approximate surface area is 106 Å². The fourth-order valence-corrected chi connectivity index (χ4v) is 1.51. The van der Waals surface area contributed by atoms with Crippen molar-refractivity contribution < 1.29 is 14.6 Å². The van der Waals surface area contributed by atoms with Gasteiger partial charge in [-0.25, -0.2) is 0 Å². The number of rotatable bonds is 6. The third kappa shape index (κ3) is 4.20. The Morgan fingerprint density at radius 1 is 1.56 bits per heavy atom. The van der Waals surface area contributed by atoms with Gasteiger partial charge in [0.15, 0.2) is 6.10 Å². The van der Waals surface area contributed by atoms with E-state index in [4.69, 9.17) is 10.5 Å². The minimum Gasteiger partial charge on any atom is -0.508 e. The molecule has 0 saturated carbocycles. The highest BCUT2D eigenvalue weighted by atomic mass is 16.5. The molecule has 1 aromatic carbocycles. The summed E-state index contributed by atoms with van der Waals surface area (Å²) in [7, 11) is 1.45. The van der Waals surface area contributed by atoms with Gasteiger partial charge in [0.25, 0.3) is 5.91 Å². The molecule has 1 rings (SSSR count). The number of carbonyl (C=O) groups excluding carboxylic acids is 1. The average Bonchev–Trinajstić information content (AvgIpc) is 2.36. The van der Waals surface area contributed by atoms with Crippen LogP contribution in [0.5, 0.6) is 5.75 Å². The molecule has 18 heavy (non-hydrogen) atoms. The number of benzene rings is 1. The quantitative estimate of drug-likeness (QED) is 0.649. The lowest BCUT2D eigenvalue weighted by atomic mass is 10.1. The first-order valence-corrected chi connectivity index (χ1v) is 5.63. The van der Waals surface area contributed by atoms with Crippen LogP contribution in [-0.4, -0.2) is 31.2 Å². The van der Waals surface area contributed by atoms with Crippen molar-refractivity contribution in [2.75, 3.05) is 20.2 Å². The Morgan fingerprint density at radius 3 is 2.94 bits per heavy atom. The summed E-state index contributed by atoms with van der Waals surface area (Å²) in [6.07, 6.45) is 2.80. The van der Waals surface area contributed by atoms with Crippen LogP contribution >= 0.6 is 0 Å². The number of ether oxygens (including phenoxy) is 1. The number of phenolic OH excluding ortho intramolecular Hbond substituents is 1.